The highest BCUT2D eigenvalue weighted by Crippen LogP contribution is 2.35. The number of halogens is 4. The van der Waals surface area contributed by atoms with E-state index in [1.807, 2.05) is 0 Å². The average Bonchev–Trinajstić information content (AvgIpc) is 2.77. The van der Waals surface area contributed by atoms with Gasteiger partial charge in [-0.2, -0.15) is 18.4 Å². The number of alkyl halides is 3. The summed E-state index contributed by atoms with van der Waals surface area (Å²) in [7, 11) is 1.30. The Hall–Kier alpha value is -3.32. The van der Waals surface area contributed by atoms with Gasteiger partial charge in [-0.1, -0.05) is 0 Å². The number of carbonyl (C=O) groups excluding carboxylic acids is 1. The van der Waals surface area contributed by atoms with Crippen LogP contribution < -0.4 is 9.64 Å². The monoisotopic (exact) mass is 437 g/mol. The van der Waals surface area contributed by atoms with Gasteiger partial charge >= 0.3 is 6.18 Å². The zero-order valence-electron chi connectivity index (χ0n) is 16.5. The molecule has 0 radical (unpaired) electrons. The highest BCUT2D eigenvalue weighted by molar-refractivity contribution is 5.94. The van der Waals surface area contributed by atoms with E-state index in [2.05, 4.69) is 0 Å². The summed E-state index contributed by atoms with van der Waals surface area (Å²) < 4.78 is 58.7. The summed E-state index contributed by atoms with van der Waals surface area (Å²) in [6, 6.07) is 8.00. The fourth-order valence-electron chi connectivity index (χ4n) is 3.56. The molecule has 1 N–H and O–H groups in total. The number of piperazine rings is 1. The number of aliphatic hydroxyl groups is 1. The van der Waals surface area contributed by atoms with E-state index in [0.717, 1.165) is 18.2 Å². The van der Waals surface area contributed by atoms with E-state index in [-0.39, 0.29) is 36.6 Å². The number of carbonyl (C=O) groups is 1. The molecule has 1 heterocycles. The first-order chi connectivity index (χ1) is 14.7. The first-order valence-corrected chi connectivity index (χ1v) is 9.31. The maximum absolute atomic E-state index is 13.9. The van der Waals surface area contributed by atoms with Crippen LogP contribution >= 0.6 is 0 Å². The summed E-state index contributed by atoms with van der Waals surface area (Å²) in [6.45, 7) is -0.0738. The van der Waals surface area contributed by atoms with E-state index < -0.39 is 41.7 Å². The van der Waals surface area contributed by atoms with E-state index in [9.17, 15) is 27.5 Å². The third-order valence-electron chi connectivity index (χ3n) is 5.14. The summed E-state index contributed by atoms with van der Waals surface area (Å²) in [5.41, 5.74) is -1.27. The molecule has 1 amide bonds. The molecule has 0 aliphatic carbocycles. The molecule has 3 rings (SSSR count). The van der Waals surface area contributed by atoms with Crippen LogP contribution in [0.2, 0.25) is 0 Å². The van der Waals surface area contributed by atoms with Gasteiger partial charge in [-0.3, -0.25) is 4.79 Å². The van der Waals surface area contributed by atoms with Gasteiger partial charge < -0.3 is 19.6 Å². The van der Waals surface area contributed by atoms with E-state index in [1.54, 1.807) is 4.90 Å². The molecule has 31 heavy (non-hydrogen) atoms. The number of anilines is 1. The zero-order chi connectivity index (χ0) is 22.8. The van der Waals surface area contributed by atoms with Crippen molar-refractivity contribution in [1.29, 1.82) is 5.26 Å². The lowest BCUT2D eigenvalue weighted by molar-refractivity contribution is -0.137. The lowest BCUT2D eigenvalue weighted by Gasteiger charge is -2.42. The number of aliphatic hydroxyl groups excluding tert-OH is 1. The van der Waals surface area contributed by atoms with Gasteiger partial charge in [-0.15, -0.1) is 0 Å². The van der Waals surface area contributed by atoms with Crippen molar-refractivity contribution in [3.63, 3.8) is 0 Å². The Morgan fingerprint density at radius 3 is 2.58 bits per heavy atom. The lowest BCUT2D eigenvalue weighted by Crippen LogP contribution is -2.56. The van der Waals surface area contributed by atoms with Crippen molar-refractivity contribution < 1.29 is 32.2 Å². The number of nitrogens with zero attached hydrogens (tertiary/aromatic N) is 3. The molecule has 1 aliphatic heterocycles. The molecule has 1 saturated heterocycles. The van der Waals surface area contributed by atoms with Gasteiger partial charge in [0.2, 0.25) is 0 Å². The van der Waals surface area contributed by atoms with E-state index in [4.69, 9.17) is 10.00 Å². The Morgan fingerprint density at radius 2 is 2.00 bits per heavy atom. The third-order valence-corrected chi connectivity index (χ3v) is 5.14. The number of hydrogen-bond donors (Lipinski definition) is 1. The van der Waals surface area contributed by atoms with Gasteiger partial charge in [0.05, 0.1) is 37.0 Å². The topological polar surface area (TPSA) is 76.8 Å². The molecule has 1 fully saturated rings. The SMILES string of the molecule is COc1ccc(C(=O)N2CCN(c3ccc(C#N)c(C(F)(F)F)c3)C(CO)C2)cc1F. The Labute approximate surface area is 175 Å². The largest absolute Gasteiger partial charge is 0.494 e. The highest BCUT2D eigenvalue weighted by atomic mass is 19.4. The molecular weight excluding hydrogens is 418 g/mol. The molecule has 0 saturated carbocycles. The number of methoxy groups -OCH3 is 1. The number of benzene rings is 2. The van der Waals surface area contributed by atoms with Crippen molar-refractivity contribution in [1.82, 2.24) is 4.90 Å². The Bertz CT molecular complexity index is 1020. The molecule has 2 aromatic rings. The van der Waals surface area contributed by atoms with Gasteiger partial charge in [0.25, 0.3) is 5.91 Å². The van der Waals surface area contributed by atoms with Gasteiger partial charge in [-0.25, -0.2) is 4.39 Å². The Balaban J connectivity index is 1.82. The maximum Gasteiger partial charge on any atom is 0.417 e. The van der Waals surface area contributed by atoms with Crippen molar-refractivity contribution in [3.8, 4) is 11.8 Å². The number of nitriles is 1. The summed E-state index contributed by atoms with van der Waals surface area (Å²) in [6.07, 6.45) is -4.70. The molecule has 1 aliphatic rings. The van der Waals surface area contributed by atoms with Crippen LogP contribution in [0.15, 0.2) is 36.4 Å². The van der Waals surface area contributed by atoms with Crippen molar-refractivity contribution >= 4 is 11.6 Å². The van der Waals surface area contributed by atoms with Gasteiger partial charge in [0.1, 0.15) is 0 Å². The van der Waals surface area contributed by atoms with Crippen LogP contribution in [0, 0.1) is 17.1 Å². The number of amides is 1. The second-order valence-electron chi connectivity index (χ2n) is 6.97. The molecular formula is C21H19F4N3O3. The van der Waals surface area contributed by atoms with Crippen molar-refractivity contribution in [2.24, 2.45) is 0 Å². The van der Waals surface area contributed by atoms with Crippen LogP contribution in [0.4, 0.5) is 23.2 Å². The average molecular weight is 437 g/mol. The van der Waals surface area contributed by atoms with Gasteiger partial charge in [0, 0.05) is 30.9 Å². The molecule has 1 atom stereocenters. The van der Waals surface area contributed by atoms with E-state index in [1.165, 1.54) is 36.3 Å². The van der Waals surface area contributed by atoms with Crippen molar-refractivity contribution in [2.45, 2.75) is 12.2 Å². The summed E-state index contributed by atoms with van der Waals surface area (Å²) in [5.74, 6) is -1.16. The first-order valence-electron chi connectivity index (χ1n) is 9.31. The minimum absolute atomic E-state index is 0.00381. The summed E-state index contributed by atoms with van der Waals surface area (Å²) >= 11 is 0. The van der Waals surface area contributed by atoms with Crippen molar-refractivity contribution in [3.05, 3.63) is 58.9 Å². The maximum atomic E-state index is 13.9. The van der Waals surface area contributed by atoms with Crippen molar-refractivity contribution in [2.75, 3.05) is 38.3 Å². The Kier molecular flexibility index (Phi) is 6.36. The smallest absolute Gasteiger partial charge is 0.417 e. The molecule has 10 heteroatoms. The van der Waals surface area contributed by atoms with Crippen LogP contribution in [0.5, 0.6) is 5.75 Å². The van der Waals surface area contributed by atoms with E-state index in [0.29, 0.717) is 0 Å². The minimum atomic E-state index is -4.70. The van der Waals surface area contributed by atoms with Crippen LogP contribution in [-0.4, -0.2) is 55.3 Å². The van der Waals surface area contributed by atoms with Crippen LogP contribution in [0.25, 0.3) is 0 Å². The fourth-order valence-corrected chi connectivity index (χ4v) is 3.56. The summed E-state index contributed by atoms with van der Waals surface area (Å²) in [5, 5.41) is 18.8. The molecule has 1 unspecified atom stereocenters. The molecule has 0 spiro atoms. The second kappa shape index (κ2) is 8.81. The van der Waals surface area contributed by atoms with Gasteiger partial charge in [0.15, 0.2) is 11.6 Å². The number of rotatable bonds is 4. The van der Waals surface area contributed by atoms with E-state index >= 15 is 0 Å². The molecule has 2 aromatic carbocycles. The molecule has 0 bridgehead atoms. The zero-order valence-corrected chi connectivity index (χ0v) is 16.5. The number of ether oxygens (including phenoxy) is 1. The predicted octanol–water partition coefficient (Wildman–Crippen LogP) is 3.05. The molecule has 0 aromatic heterocycles. The van der Waals surface area contributed by atoms with Crippen LogP contribution in [-0.2, 0) is 6.18 Å². The summed E-state index contributed by atoms with van der Waals surface area (Å²) in [4.78, 5) is 15.7. The standard InChI is InChI=1S/C21H19F4N3O3/c1-31-19-5-3-13(8-18(19)22)20(30)27-6-7-28(16(11-27)12-29)15-4-2-14(10-26)17(9-15)21(23,24)25/h2-5,8-9,16,29H,6-7,11-12H2,1H3. The third kappa shape index (κ3) is 4.56. The lowest BCUT2D eigenvalue weighted by atomic mass is 10.0. The normalized spacial score (nSPS) is 16.7. The molecule has 164 valence electrons. The quantitative estimate of drug-likeness (QED) is 0.745. The molecule has 6 nitrogen and oxygen atoms in total. The highest BCUT2D eigenvalue weighted by Gasteiger charge is 2.36. The first kappa shape index (κ1) is 22.4. The minimum Gasteiger partial charge on any atom is -0.494 e. The van der Waals surface area contributed by atoms with Crippen LogP contribution in [0.1, 0.15) is 21.5 Å². The second-order valence-corrected chi connectivity index (χ2v) is 6.97. The predicted molar refractivity (Wildman–Crippen MR) is 103 cm³/mol. The number of hydrogen-bond acceptors (Lipinski definition) is 5. The van der Waals surface area contributed by atoms with Gasteiger partial charge in [-0.05, 0) is 36.4 Å². The van der Waals surface area contributed by atoms with Crippen LogP contribution in [0.3, 0.4) is 0 Å². The fraction of sp³-hybridized carbons (Fsp3) is 0.333. The Morgan fingerprint density at radius 1 is 1.26 bits per heavy atom.